The Morgan fingerprint density at radius 3 is 2.64 bits per heavy atom. The van der Waals surface area contributed by atoms with Crippen LogP contribution in [0.1, 0.15) is 0 Å². The first kappa shape index (κ1) is 9.97. The van der Waals surface area contributed by atoms with E-state index < -0.39 is 6.03 Å². The lowest BCUT2D eigenvalue weighted by atomic mass is 10.4. The van der Waals surface area contributed by atoms with E-state index in [2.05, 4.69) is 10.6 Å². The number of alkyl halides is 1. The molecule has 5 heteroatoms. The third-order valence-electron chi connectivity index (χ3n) is 0.914. The number of allylic oxidation sites excluding steroid dienone is 2. The molecule has 0 heterocycles. The molecule has 11 heavy (non-hydrogen) atoms. The number of rotatable bonds is 3. The van der Waals surface area contributed by atoms with Gasteiger partial charge in [-0.3, -0.25) is 4.79 Å². The highest BCUT2D eigenvalue weighted by molar-refractivity contribution is 6.19. The van der Waals surface area contributed by atoms with Gasteiger partial charge in [-0.25, -0.2) is 4.79 Å². The normalized spacial score (nSPS) is 10.5. The smallest absolute Gasteiger partial charge is 0.318 e. The summed E-state index contributed by atoms with van der Waals surface area (Å²) >= 11 is 5.38. The Balaban J connectivity index is 3.97. The fourth-order valence-corrected chi connectivity index (χ4v) is 0.566. The van der Waals surface area contributed by atoms with Gasteiger partial charge in [0.2, 0.25) is 0 Å². The van der Waals surface area contributed by atoms with Crippen molar-refractivity contribution < 1.29 is 9.59 Å². The molecule has 0 aromatic heterocycles. The summed E-state index contributed by atoms with van der Waals surface area (Å²) in [7, 11) is 1.47. The number of hydrogen-bond acceptors (Lipinski definition) is 2. The maximum atomic E-state index is 10.6. The number of nitrogens with one attached hydrogen (secondary N) is 2. The van der Waals surface area contributed by atoms with E-state index in [1.807, 2.05) is 0 Å². The lowest BCUT2D eigenvalue weighted by Gasteiger charge is -2.03. The van der Waals surface area contributed by atoms with Crippen LogP contribution in [0.15, 0.2) is 11.8 Å². The van der Waals surface area contributed by atoms with Gasteiger partial charge in [0.1, 0.15) is 6.29 Å². The van der Waals surface area contributed by atoms with Crippen LogP contribution in [-0.2, 0) is 4.79 Å². The van der Waals surface area contributed by atoms with E-state index in [-0.39, 0.29) is 5.88 Å². The molecule has 0 aliphatic carbocycles. The van der Waals surface area contributed by atoms with Crippen LogP contribution in [0.2, 0.25) is 0 Å². The van der Waals surface area contributed by atoms with Crippen LogP contribution in [0.25, 0.3) is 0 Å². The summed E-state index contributed by atoms with van der Waals surface area (Å²) in [6.07, 6.45) is 1.76. The Morgan fingerprint density at radius 2 is 2.27 bits per heavy atom. The first-order chi connectivity index (χ1) is 5.24. The van der Waals surface area contributed by atoms with Crippen LogP contribution >= 0.6 is 11.6 Å². The molecule has 62 valence electrons. The highest BCUT2D eigenvalue weighted by atomic mass is 35.5. The highest BCUT2D eigenvalue weighted by Crippen LogP contribution is 1.90. The van der Waals surface area contributed by atoms with Gasteiger partial charge in [0, 0.05) is 12.7 Å². The SMILES string of the molecule is CNC(=O)N/C(=C\C=O)CCl. The van der Waals surface area contributed by atoms with E-state index in [0.29, 0.717) is 12.0 Å². The maximum absolute atomic E-state index is 10.6. The first-order valence-corrected chi connectivity index (χ1v) is 3.47. The van der Waals surface area contributed by atoms with Crippen LogP contribution in [0, 0.1) is 0 Å². The zero-order valence-electron chi connectivity index (χ0n) is 6.06. The van der Waals surface area contributed by atoms with Crippen LogP contribution in [0.5, 0.6) is 0 Å². The summed E-state index contributed by atoms with van der Waals surface area (Å²) in [5.41, 5.74) is 0.376. The lowest BCUT2D eigenvalue weighted by molar-refractivity contribution is -0.104. The third kappa shape index (κ3) is 4.38. The largest absolute Gasteiger partial charge is 0.341 e. The quantitative estimate of drug-likeness (QED) is 0.368. The minimum atomic E-state index is -0.390. The topological polar surface area (TPSA) is 58.2 Å². The third-order valence-corrected chi connectivity index (χ3v) is 1.20. The van der Waals surface area contributed by atoms with Crippen molar-refractivity contribution in [3.8, 4) is 0 Å². The maximum Gasteiger partial charge on any atom is 0.318 e. The summed E-state index contributed by atoms with van der Waals surface area (Å²) in [4.78, 5) is 20.6. The summed E-state index contributed by atoms with van der Waals surface area (Å²) in [6, 6.07) is -0.390. The monoisotopic (exact) mass is 176 g/mol. The Morgan fingerprint density at radius 1 is 1.64 bits per heavy atom. The molecule has 0 aromatic carbocycles. The predicted octanol–water partition coefficient (Wildman–Crippen LogP) is 0.237. The van der Waals surface area contributed by atoms with Crippen LogP contribution in [0.4, 0.5) is 4.79 Å². The van der Waals surface area contributed by atoms with Gasteiger partial charge in [0.15, 0.2) is 0 Å². The molecule has 0 spiro atoms. The molecule has 0 bridgehead atoms. The van der Waals surface area contributed by atoms with Crippen molar-refractivity contribution in [1.82, 2.24) is 10.6 Å². The molecule has 0 rings (SSSR count). The molecule has 0 fully saturated rings. The van der Waals surface area contributed by atoms with Crippen LogP contribution in [-0.4, -0.2) is 25.2 Å². The average molecular weight is 177 g/mol. The second-order valence-electron chi connectivity index (χ2n) is 1.67. The second-order valence-corrected chi connectivity index (χ2v) is 1.93. The van der Waals surface area contributed by atoms with Crippen molar-refractivity contribution in [2.24, 2.45) is 0 Å². The predicted molar refractivity (Wildman–Crippen MR) is 42.5 cm³/mol. The lowest BCUT2D eigenvalue weighted by Crippen LogP contribution is -2.32. The minimum absolute atomic E-state index is 0.103. The van der Waals surface area contributed by atoms with E-state index in [0.717, 1.165) is 0 Å². The van der Waals surface area contributed by atoms with Gasteiger partial charge >= 0.3 is 6.03 Å². The zero-order chi connectivity index (χ0) is 8.69. The van der Waals surface area contributed by atoms with Crippen molar-refractivity contribution in [1.29, 1.82) is 0 Å². The Kier molecular flexibility index (Phi) is 5.20. The number of carbonyl (C=O) groups excluding carboxylic acids is 2. The van der Waals surface area contributed by atoms with Gasteiger partial charge in [-0.15, -0.1) is 11.6 Å². The van der Waals surface area contributed by atoms with Crippen molar-refractivity contribution in [3.63, 3.8) is 0 Å². The first-order valence-electron chi connectivity index (χ1n) is 2.93. The van der Waals surface area contributed by atoms with Crippen molar-refractivity contribution in [2.75, 3.05) is 12.9 Å². The summed E-state index contributed by atoms with van der Waals surface area (Å²) in [5, 5.41) is 4.69. The van der Waals surface area contributed by atoms with Gasteiger partial charge < -0.3 is 10.6 Å². The molecule has 0 aliphatic heterocycles. The molecule has 0 saturated carbocycles. The van der Waals surface area contributed by atoms with Gasteiger partial charge in [-0.1, -0.05) is 0 Å². The Bertz CT molecular complexity index is 179. The molecule has 4 nitrogen and oxygen atoms in total. The fraction of sp³-hybridized carbons (Fsp3) is 0.333. The molecule has 0 radical (unpaired) electrons. The van der Waals surface area contributed by atoms with Gasteiger partial charge in [0.05, 0.1) is 5.88 Å². The molecule has 0 unspecified atom stereocenters. The summed E-state index contributed by atoms with van der Waals surface area (Å²) < 4.78 is 0. The number of urea groups is 1. The van der Waals surface area contributed by atoms with Crippen LogP contribution in [0.3, 0.4) is 0 Å². The molecule has 0 atom stereocenters. The molecule has 0 aliphatic rings. The molecule has 0 saturated heterocycles. The van der Waals surface area contributed by atoms with Gasteiger partial charge in [-0.05, 0) is 6.08 Å². The molecular weight excluding hydrogens is 168 g/mol. The van der Waals surface area contributed by atoms with E-state index in [4.69, 9.17) is 11.6 Å². The van der Waals surface area contributed by atoms with E-state index in [1.54, 1.807) is 0 Å². The van der Waals surface area contributed by atoms with E-state index >= 15 is 0 Å². The summed E-state index contributed by atoms with van der Waals surface area (Å²) in [5.74, 6) is 0.103. The molecule has 2 N–H and O–H groups in total. The van der Waals surface area contributed by atoms with Crippen molar-refractivity contribution in [2.45, 2.75) is 0 Å². The molecule has 2 amide bonds. The fourth-order valence-electron chi connectivity index (χ4n) is 0.410. The zero-order valence-corrected chi connectivity index (χ0v) is 6.81. The number of amides is 2. The molecule has 0 aromatic rings. The standard InChI is InChI=1S/C6H9ClN2O2/c1-8-6(11)9-5(4-7)2-3-10/h2-3H,4H2,1H3,(H2,8,9,11)/b5-2-. The minimum Gasteiger partial charge on any atom is -0.341 e. The number of carbonyl (C=O) groups is 2. The van der Waals surface area contributed by atoms with Crippen molar-refractivity contribution in [3.05, 3.63) is 11.8 Å². The van der Waals surface area contributed by atoms with E-state index in [9.17, 15) is 9.59 Å². The number of halogens is 1. The molecular formula is C6H9ClN2O2. The number of hydrogen-bond donors (Lipinski definition) is 2. The Hall–Kier alpha value is -1.03. The van der Waals surface area contributed by atoms with Crippen molar-refractivity contribution >= 4 is 23.9 Å². The Labute approximate surface area is 69.6 Å². The second kappa shape index (κ2) is 5.73. The van der Waals surface area contributed by atoms with Gasteiger partial charge in [0.25, 0.3) is 0 Å². The highest BCUT2D eigenvalue weighted by Gasteiger charge is 1.98. The summed E-state index contributed by atoms with van der Waals surface area (Å²) in [6.45, 7) is 0. The number of aldehydes is 1. The van der Waals surface area contributed by atoms with Crippen LogP contribution < -0.4 is 10.6 Å². The van der Waals surface area contributed by atoms with E-state index in [1.165, 1.54) is 13.1 Å². The van der Waals surface area contributed by atoms with Gasteiger partial charge in [-0.2, -0.15) is 0 Å². The average Bonchev–Trinajstić information content (AvgIpc) is 2.03.